The minimum Gasteiger partial charge on any atom is -0.508 e. The molecule has 0 aliphatic rings. The van der Waals surface area contributed by atoms with Gasteiger partial charge in [-0.05, 0) is 44.0 Å². The maximum absolute atomic E-state index is 12.9. The van der Waals surface area contributed by atoms with E-state index in [2.05, 4.69) is 5.32 Å². The summed E-state index contributed by atoms with van der Waals surface area (Å²) in [7, 11) is 0. The lowest BCUT2D eigenvalue weighted by Gasteiger charge is -2.40. The van der Waals surface area contributed by atoms with Crippen molar-refractivity contribution >= 4 is 18.0 Å². The predicted octanol–water partition coefficient (Wildman–Crippen LogP) is 2.94. The number of carboxylic acids is 1. The molecule has 166 valence electrons. The van der Waals surface area contributed by atoms with Crippen molar-refractivity contribution in [2.45, 2.75) is 45.4 Å². The van der Waals surface area contributed by atoms with Crippen LogP contribution >= 0.6 is 0 Å². The van der Waals surface area contributed by atoms with Gasteiger partial charge in [-0.25, -0.2) is 9.59 Å². The van der Waals surface area contributed by atoms with Gasteiger partial charge in [-0.15, -0.1) is 0 Å². The van der Waals surface area contributed by atoms with Crippen LogP contribution in [0.1, 0.15) is 31.9 Å². The fourth-order valence-corrected chi connectivity index (χ4v) is 3.17. The Morgan fingerprint density at radius 3 is 2.16 bits per heavy atom. The fourth-order valence-electron chi connectivity index (χ4n) is 3.17. The van der Waals surface area contributed by atoms with Crippen molar-refractivity contribution in [2.75, 3.05) is 6.54 Å². The van der Waals surface area contributed by atoms with E-state index in [0.29, 0.717) is 5.56 Å². The summed E-state index contributed by atoms with van der Waals surface area (Å²) in [5, 5.41) is 21.6. The molecule has 0 aromatic heterocycles. The number of nitrogens with zero attached hydrogens (tertiary/aromatic N) is 1. The average molecular weight is 428 g/mol. The molecule has 2 aromatic rings. The smallest absolute Gasteiger partial charge is 0.407 e. The highest BCUT2D eigenvalue weighted by molar-refractivity contribution is 5.87. The number of amides is 2. The van der Waals surface area contributed by atoms with E-state index in [1.54, 1.807) is 45.0 Å². The van der Waals surface area contributed by atoms with Gasteiger partial charge in [0.05, 0.1) is 0 Å². The van der Waals surface area contributed by atoms with Crippen LogP contribution in [0.5, 0.6) is 5.75 Å². The van der Waals surface area contributed by atoms with Crippen molar-refractivity contribution in [3.63, 3.8) is 0 Å². The number of hydrogen-bond donors (Lipinski definition) is 3. The number of carbonyl (C=O) groups is 3. The van der Waals surface area contributed by atoms with Crippen LogP contribution in [0.2, 0.25) is 0 Å². The summed E-state index contributed by atoms with van der Waals surface area (Å²) in [6.07, 6.45) is -0.715. The zero-order valence-corrected chi connectivity index (χ0v) is 17.9. The molecule has 0 bridgehead atoms. The van der Waals surface area contributed by atoms with Crippen LogP contribution in [0.25, 0.3) is 0 Å². The highest BCUT2D eigenvalue weighted by Gasteiger charge is 2.37. The first kappa shape index (κ1) is 23.7. The molecule has 0 spiro atoms. The number of hydrogen-bond acceptors (Lipinski definition) is 5. The Bertz CT molecular complexity index is 891. The Kier molecular flexibility index (Phi) is 8.01. The van der Waals surface area contributed by atoms with E-state index >= 15 is 0 Å². The molecule has 8 nitrogen and oxygen atoms in total. The van der Waals surface area contributed by atoms with Gasteiger partial charge in [0.25, 0.3) is 0 Å². The molecule has 0 heterocycles. The maximum Gasteiger partial charge on any atom is 0.407 e. The Balaban J connectivity index is 2.05. The number of aromatic hydroxyl groups is 1. The van der Waals surface area contributed by atoms with E-state index in [4.69, 9.17) is 4.74 Å². The standard InChI is InChI=1S/C23H28N2O6/c1-23(2,3)25(19(21(28)29)13-16-9-11-18(26)12-10-16)20(27)14-24-22(30)31-15-17-7-5-4-6-8-17/h4-12,19,26H,13-15H2,1-3H3,(H,24,30)(H,28,29)/t19-/m0/s1. The number of aliphatic carboxylic acids is 1. The van der Waals surface area contributed by atoms with E-state index in [9.17, 15) is 24.6 Å². The van der Waals surface area contributed by atoms with Gasteiger partial charge in [0.2, 0.25) is 5.91 Å². The molecule has 0 radical (unpaired) electrons. The number of carbonyl (C=O) groups excluding carboxylic acids is 2. The summed E-state index contributed by atoms with van der Waals surface area (Å²) in [5.74, 6) is -1.64. The number of rotatable bonds is 8. The van der Waals surface area contributed by atoms with E-state index in [-0.39, 0.29) is 18.8 Å². The zero-order valence-electron chi connectivity index (χ0n) is 17.9. The number of benzene rings is 2. The van der Waals surface area contributed by atoms with Crippen molar-refractivity contribution in [1.82, 2.24) is 10.2 Å². The van der Waals surface area contributed by atoms with Gasteiger partial charge in [-0.2, -0.15) is 0 Å². The van der Waals surface area contributed by atoms with Crippen molar-refractivity contribution in [2.24, 2.45) is 0 Å². The maximum atomic E-state index is 12.9. The van der Waals surface area contributed by atoms with Crippen molar-refractivity contribution in [3.8, 4) is 5.75 Å². The highest BCUT2D eigenvalue weighted by Crippen LogP contribution is 2.21. The SMILES string of the molecule is CC(C)(C)N(C(=O)CNC(=O)OCc1ccccc1)[C@@H](Cc1ccc(O)cc1)C(=O)O. The van der Waals surface area contributed by atoms with Crippen LogP contribution < -0.4 is 5.32 Å². The lowest BCUT2D eigenvalue weighted by molar-refractivity contribution is -0.154. The molecule has 0 fully saturated rings. The molecule has 0 saturated heterocycles. The van der Waals surface area contributed by atoms with E-state index < -0.39 is 36.1 Å². The molecule has 8 heteroatoms. The summed E-state index contributed by atoms with van der Waals surface area (Å²) in [4.78, 5) is 38.1. The second-order valence-electron chi connectivity index (χ2n) is 8.07. The lowest BCUT2D eigenvalue weighted by Crippen LogP contribution is -2.57. The van der Waals surface area contributed by atoms with Crippen LogP contribution in [0, 0.1) is 0 Å². The third-order valence-electron chi connectivity index (χ3n) is 4.55. The molecule has 0 saturated carbocycles. The van der Waals surface area contributed by atoms with Gasteiger partial charge in [-0.3, -0.25) is 4.79 Å². The molecule has 1 atom stereocenters. The first-order chi connectivity index (χ1) is 14.6. The molecule has 2 rings (SSSR count). The topological polar surface area (TPSA) is 116 Å². The largest absolute Gasteiger partial charge is 0.508 e. The fraction of sp³-hybridized carbons (Fsp3) is 0.348. The number of carboxylic acid groups (broad SMARTS) is 1. The number of phenolic OH excluding ortho intramolecular Hbond substituents is 1. The molecule has 0 aliphatic carbocycles. The molecular formula is C23H28N2O6. The molecule has 2 aromatic carbocycles. The molecule has 0 aliphatic heterocycles. The second-order valence-corrected chi connectivity index (χ2v) is 8.07. The van der Waals surface area contributed by atoms with Crippen molar-refractivity contribution < 1.29 is 29.3 Å². The third-order valence-corrected chi connectivity index (χ3v) is 4.55. The van der Waals surface area contributed by atoms with Gasteiger partial charge in [0.15, 0.2) is 0 Å². The van der Waals surface area contributed by atoms with Gasteiger partial charge in [0.1, 0.15) is 24.9 Å². The summed E-state index contributed by atoms with van der Waals surface area (Å²) < 4.78 is 5.10. The Hall–Kier alpha value is -3.55. The summed E-state index contributed by atoms with van der Waals surface area (Å²) in [6, 6.07) is 14.1. The van der Waals surface area contributed by atoms with Crippen molar-refractivity contribution in [3.05, 3.63) is 65.7 Å². The summed E-state index contributed by atoms with van der Waals surface area (Å²) in [5.41, 5.74) is 0.648. The minimum atomic E-state index is -1.16. The van der Waals surface area contributed by atoms with Gasteiger partial charge in [0, 0.05) is 12.0 Å². The monoisotopic (exact) mass is 428 g/mol. The number of ether oxygens (including phenoxy) is 1. The third kappa shape index (κ3) is 7.33. The summed E-state index contributed by atoms with van der Waals surface area (Å²) >= 11 is 0. The van der Waals surface area contributed by atoms with Crippen LogP contribution in [-0.2, 0) is 27.4 Å². The van der Waals surface area contributed by atoms with Crippen LogP contribution in [0.15, 0.2) is 54.6 Å². The number of alkyl carbamates (subject to hydrolysis) is 1. The van der Waals surface area contributed by atoms with Crippen LogP contribution in [0.4, 0.5) is 4.79 Å². The van der Waals surface area contributed by atoms with Gasteiger partial charge in [-0.1, -0.05) is 42.5 Å². The average Bonchev–Trinajstić information content (AvgIpc) is 2.71. The Morgan fingerprint density at radius 1 is 1.00 bits per heavy atom. The highest BCUT2D eigenvalue weighted by atomic mass is 16.5. The molecular weight excluding hydrogens is 400 g/mol. The summed E-state index contributed by atoms with van der Waals surface area (Å²) in [6.45, 7) is 4.84. The normalized spacial score (nSPS) is 12.0. The molecule has 3 N–H and O–H groups in total. The molecule has 0 unspecified atom stereocenters. The second kappa shape index (κ2) is 10.5. The van der Waals surface area contributed by atoms with Crippen LogP contribution in [-0.4, -0.2) is 51.2 Å². The van der Waals surface area contributed by atoms with Crippen molar-refractivity contribution in [1.29, 1.82) is 0 Å². The lowest BCUT2D eigenvalue weighted by atomic mass is 9.97. The molecule has 2 amide bonds. The first-order valence-corrected chi connectivity index (χ1v) is 9.85. The molecule has 31 heavy (non-hydrogen) atoms. The number of nitrogens with one attached hydrogen (secondary N) is 1. The van der Waals surface area contributed by atoms with E-state index in [1.807, 2.05) is 18.2 Å². The van der Waals surface area contributed by atoms with E-state index in [0.717, 1.165) is 5.56 Å². The van der Waals surface area contributed by atoms with Gasteiger partial charge >= 0.3 is 12.1 Å². The quantitative estimate of drug-likeness (QED) is 0.595. The number of phenols is 1. The minimum absolute atomic E-state index is 0.0527. The zero-order chi connectivity index (χ0) is 23.0. The first-order valence-electron chi connectivity index (χ1n) is 9.85. The Morgan fingerprint density at radius 2 is 1.61 bits per heavy atom. The Labute approximate surface area is 181 Å². The predicted molar refractivity (Wildman–Crippen MR) is 114 cm³/mol. The van der Waals surface area contributed by atoms with E-state index in [1.165, 1.54) is 17.0 Å². The van der Waals surface area contributed by atoms with Gasteiger partial charge < -0.3 is 25.2 Å². The van der Waals surface area contributed by atoms with Crippen LogP contribution in [0.3, 0.4) is 0 Å².